The van der Waals surface area contributed by atoms with E-state index < -0.39 is 0 Å². The number of hydrogen-bond donors (Lipinski definition) is 1. The van der Waals surface area contributed by atoms with Crippen LogP contribution in [-0.2, 0) is 0 Å². The van der Waals surface area contributed by atoms with Gasteiger partial charge in [0.1, 0.15) is 5.58 Å². The molecule has 2 heterocycles. The lowest BCUT2D eigenvalue weighted by Gasteiger charge is -1.98. The summed E-state index contributed by atoms with van der Waals surface area (Å²) in [6, 6.07) is 30.1. The second-order valence-corrected chi connectivity index (χ2v) is 7.46. The molecule has 0 bridgehead atoms. The monoisotopic (exact) mass is 357 g/mol. The fraction of sp³-hybridized carbons (Fsp3) is 0. The Bertz CT molecular complexity index is 1590. The van der Waals surface area contributed by atoms with Crippen LogP contribution in [0, 0.1) is 0 Å². The summed E-state index contributed by atoms with van der Waals surface area (Å²) >= 11 is 0. The Balaban J connectivity index is 1.71. The summed E-state index contributed by atoms with van der Waals surface area (Å²) in [5, 5.41) is 9.61. The SMILES string of the molecule is c1ccc2c(c1)ccc1c3ccc4c5ccc6ccccc6c5oc4c3[nH]c21. The van der Waals surface area contributed by atoms with Gasteiger partial charge in [-0.15, -0.1) is 0 Å². The van der Waals surface area contributed by atoms with Gasteiger partial charge in [0.2, 0.25) is 0 Å². The minimum Gasteiger partial charge on any atom is -0.453 e. The summed E-state index contributed by atoms with van der Waals surface area (Å²) in [5.41, 5.74) is 4.14. The minimum absolute atomic E-state index is 0.934. The highest BCUT2D eigenvalue weighted by Gasteiger charge is 2.16. The van der Waals surface area contributed by atoms with Crippen LogP contribution in [0.5, 0.6) is 0 Å². The van der Waals surface area contributed by atoms with Gasteiger partial charge in [0, 0.05) is 32.3 Å². The number of furan rings is 1. The molecule has 7 rings (SSSR count). The number of H-pyrrole nitrogens is 1. The van der Waals surface area contributed by atoms with E-state index in [0.29, 0.717) is 0 Å². The van der Waals surface area contributed by atoms with Gasteiger partial charge in [-0.25, -0.2) is 0 Å². The van der Waals surface area contributed by atoms with Crippen molar-refractivity contribution >= 4 is 65.3 Å². The average molecular weight is 357 g/mol. The van der Waals surface area contributed by atoms with Gasteiger partial charge in [0.25, 0.3) is 0 Å². The van der Waals surface area contributed by atoms with E-state index in [2.05, 4.69) is 89.9 Å². The van der Waals surface area contributed by atoms with Gasteiger partial charge in [-0.1, -0.05) is 72.8 Å². The normalized spacial score (nSPS) is 12.3. The molecule has 5 aromatic carbocycles. The molecule has 0 spiro atoms. The number of benzene rings is 5. The molecule has 28 heavy (non-hydrogen) atoms. The van der Waals surface area contributed by atoms with E-state index in [-0.39, 0.29) is 0 Å². The highest BCUT2D eigenvalue weighted by Crippen LogP contribution is 2.40. The van der Waals surface area contributed by atoms with Gasteiger partial charge >= 0.3 is 0 Å². The van der Waals surface area contributed by atoms with Crippen molar-refractivity contribution < 1.29 is 4.42 Å². The lowest BCUT2D eigenvalue weighted by atomic mass is 10.0. The molecule has 0 fully saturated rings. The Morgan fingerprint density at radius 1 is 0.429 bits per heavy atom. The Labute approximate surface area is 160 Å². The van der Waals surface area contributed by atoms with E-state index in [4.69, 9.17) is 4.42 Å². The van der Waals surface area contributed by atoms with Crippen LogP contribution < -0.4 is 0 Å². The molecule has 1 N–H and O–H groups in total. The van der Waals surface area contributed by atoms with E-state index >= 15 is 0 Å². The number of hydrogen-bond acceptors (Lipinski definition) is 1. The molecule has 0 atom stereocenters. The highest BCUT2D eigenvalue weighted by atomic mass is 16.3. The molecule has 130 valence electrons. The first-order chi connectivity index (χ1) is 13.9. The predicted molar refractivity (Wildman–Crippen MR) is 118 cm³/mol. The first-order valence-corrected chi connectivity index (χ1v) is 9.54. The van der Waals surface area contributed by atoms with Crippen molar-refractivity contribution in [1.29, 1.82) is 0 Å². The van der Waals surface area contributed by atoms with Gasteiger partial charge in [-0.05, 0) is 22.9 Å². The fourth-order valence-corrected chi connectivity index (χ4v) is 4.67. The molecule has 0 saturated heterocycles. The third-order valence-electron chi connectivity index (χ3n) is 6.00. The number of aromatic amines is 1. The Morgan fingerprint density at radius 3 is 1.86 bits per heavy atom. The Hall–Kier alpha value is -3.78. The fourth-order valence-electron chi connectivity index (χ4n) is 4.67. The zero-order valence-electron chi connectivity index (χ0n) is 15.0. The third kappa shape index (κ3) is 1.68. The predicted octanol–water partition coefficient (Wildman–Crippen LogP) is 7.53. The maximum absolute atomic E-state index is 6.49. The van der Waals surface area contributed by atoms with Crippen LogP contribution in [0.15, 0.2) is 89.3 Å². The van der Waals surface area contributed by atoms with E-state index in [1.165, 1.54) is 37.8 Å². The van der Waals surface area contributed by atoms with Gasteiger partial charge in [-0.3, -0.25) is 0 Å². The van der Waals surface area contributed by atoms with Crippen LogP contribution in [0.3, 0.4) is 0 Å². The second kappa shape index (κ2) is 4.93. The lowest BCUT2D eigenvalue weighted by Crippen LogP contribution is -1.74. The molecule has 2 nitrogen and oxygen atoms in total. The van der Waals surface area contributed by atoms with Crippen molar-refractivity contribution in [2.75, 3.05) is 0 Å². The van der Waals surface area contributed by atoms with E-state index in [1.807, 2.05) is 0 Å². The van der Waals surface area contributed by atoms with E-state index in [0.717, 1.165) is 27.5 Å². The van der Waals surface area contributed by atoms with Crippen molar-refractivity contribution in [3.05, 3.63) is 84.9 Å². The number of aromatic nitrogens is 1. The van der Waals surface area contributed by atoms with Gasteiger partial charge in [0.05, 0.1) is 11.0 Å². The zero-order valence-corrected chi connectivity index (χ0v) is 15.0. The molecule has 7 aromatic rings. The molecule has 0 aliphatic rings. The van der Waals surface area contributed by atoms with Crippen LogP contribution in [0.25, 0.3) is 65.3 Å². The van der Waals surface area contributed by atoms with Crippen molar-refractivity contribution in [1.82, 2.24) is 4.98 Å². The van der Waals surface area contributed by atoms with Crippen molar-refractivity contribution in [2.45, 2.75) is 0 Å². The topological polar surface area (TPSA) is 28.9 Å². The molecule has 0 amide bonds. The van der Waals surface area contributed by atoms with Crippen LogP contribution >= 0.6 is 0 Å². The van der Waals surface area contributed by atoms with Crippen LogP contribution in [0.2, 0.25) is 0 Å². The number of rotatable bonds is 0. The summed E-state index contributed by atoms with van der Waals surface area (Å²) in [4.78, 5) is 3.68. The molecule has 0 saturated carbocycles. The second-order valence-electron chi connectivity index (χ2n) is 7.46. The molecule has 0 aliphatic carbocycles. The highest BCUT2D eigenvalue weighted by molar-refractivity contribution is 6.25. The zero-order chi connectivity index (χ0) is 18.2. The molecule has 0 radical (unpaired) electrons. The number of fused-ring (bicyclic) bond motifs is 11. The van der Waals surface area contributed by atoms with Crippen molar-refractivity contribution in [2.24, 2.45) is 0 Å². The summed E-state index contributed by atoms with van der Waals surface area (Å²) < 4.78 is 6.49. The van der Waals surface area contributed by atoms with Crippen molar-refractivity contribution in [3.8, 4) is 0 Å². The summed E-state index contributed by atoms with van der Waals surface area (Å²) in [7, 11) is 0. The summed E-state index contributed by atoms with van der Waals surface area (Å²) in [6.07, 6.45) is 0. The largest absolute Gasteiger partial charge is 0.453 e. The first-order valence-electron chi connectivity index (χ1n) is 9.54. The smallest absolute Gasteiger partial charge is 0.159 e. The van der Waals surface area contributed by atoms with Gasteiger partial charge in [0.15, 0.2) is 5.58 Å². The molecule has 2 aromatic heterocycles. The lowest BCUT2D eigenvalue weighted by molar-refractivity contribution is 0.675. The molecular formula is C26H15NO. The van der Waals surface area contributed by atoms with Crippen molar-refractivity contribution in [3.63, 3.8) is 0 Å². The van der Waals surface area contributed by atoms with Gasteiger partial charge in [-0.2, -0.15) is 0 Å². The summed E-state index contributed by atoms with van der Waals surface area (Å²) in [6.45, 7) is 0. The van der Waals surface area contributed by atoms with Crippen LogP contribution in [0.4, 0.5) is 0 Å². The molecular weight excluding hydrogens is 342 g/mol. The average Bonchev–Trinajstić information content (AvgIpc) is 3.32. The van der Waals surface area contributed by atoms with E-state index in [1.54, 1.807) is 0 Å². The maximum Gasteiger partial charge on any atom is 0.159 e. The number of nitrogens with one attached hydrogen (secondary N) is 1. The maximum atomic E-state index is 6.49. The Kier molecular flexibility index (Phi) is 2.52. The quantitative estimate of drug-likeness (QED) is 0.299. The van der Waals surface area contributed by atoms with Crippen LogP contribution in [-0.4, -0.2) is 4.98 Å². The standard InChI is InChI=1S/C26H15NO/c1-3-7-17-15(5-1)9-11-19-20-13-14-22-21-12-10-16-6-2-4-8-18(16)25(21)28-26(22)24(20)27-23(17)19/h1-14,27H. The Morgan fingerprint density at radius 2 is 1.00 bits per heavy atom. The van der Waals surface area contributed by atoms with Crippen LogP contribution in [0.1, 0.15) is 0 Å². The van der Waals surface area contributed by atoms with Gasteiger partial charge < -0.3 is 9.40 Å². The first kappa shape index (κ1) is 14.3. The molecule has 0 unspecified atom stereocenters. The van der Waals surface area contributed by atoms with E-state index in [9.17, 15) is 0 Å². The third-order valence-corrected chi connectivity index (χ3v) is 6.00. The molecule has 0 aliphatic heterocycles. The molecule has 2 heteroatoms. The summed E-state index contributed by atoms with van der Waals surface area (Å²) in [5.74, 6) is 0. The minimum atomic E-state index is 0.934.